The molecule has 1 saturated heterocycles. The Morgan fingerprint density at radius 1 is 1.44 bits per heavy atom. The van der Waals surface area contributed by atoms with Gasteiger partial charge >= 0.3 is 0 Å². The molecule has 7 nitrogen and oxygen atoms in total. The molecule has 8 heteroatoms. The lowest BCUT2D eigenvalue weighted by molar-refractivity contribution is 0.0959. The maximum Gasteiger partial charge on any atom is 0.270 e. The van der Waals surface area contributed by atoms with Crippen molar-refractivity contribution in [3.05, 3.63) is 29.5 Å². The SMILES string of the molecule is CNC(=O)c1csc(-c2cnc3[nH]ccc3c2NC2CCCNC2)n1. The summed E-state index contributed by atoms with van der Waals surface area (Å²) in [5.41, 5.74) is 3.23. The van der Waals surface area contributed by atoms with E-state index in [0.717, 1.165) is 53.2 Å². The molecule has 4 N–H and O–H groups in total. The zero-order valence-electron chi connectivity index (χ0n) is 13.9. The van der Waals surface area contributed by atoms with Crippen LogP contribution in [0, 0.1) is 0 Å². The number of amides is 1. The first-order valence-corrected chi connectivity index (χ1v) is 9.25. The van der Waals surface area contributed by atoms with E-state index >= 15 is 0 Å². The minimum Gasteiger partial charge on any atom is -0.380 e. The standard InChI is InChI=1S/C17H20N6OS/c1-18-16(24)13-9-25-17(23-13)12-8-21-15-11(4-6-20-15)14(12)22-10-3-2-5-19-7-10/h4,6,8-10,19H,2-3,5,7H2,1H3,(H,18,24)(H2,20,21,22). The molecule has 1 aliphatic heterocycles. The van der Waals surface area contributed by atoms with Crippen LogP contribution in [0.3, 0.4) is 0 Å². The van der Waals surface area contributed by atoms with Crippen LogP contribution in [0.5, 0.6) is 0 Å². The molecule has 1 atom stereocenters. The third-order valence-electron chi connectivity index (χ3n) is 4.43. The summed E-state index contributed by atoms with van der Waals surface area (Å²) in [5.74, 6) is -0.177. The number of aromatic amines is 1. The number of carbonyl (C=O) groups excluding carboxylic acids is 1. The number of carbonyl (C=O) groups is 1. The summed E-state index contributed by atoms with van der Waals surface area (Å²) in [4.78, 5) is 24.0. The number of fused-ring (bicyclic) bond motifs is 1. The lowest BCUT2D eigenvalue weighted by Gasteiger charge is -2.26. The van der Waals surface area contributed by atoms with E-state index in [1.807, 2.05) is 18.5 Å². The van der Waals surface area contributed by atoms with E-state index < -0.39 is 0 Å². The van der Waals surface area contributed by atoms with Gasteiger partial charge in [-0.2, -0.15) is 0 Å². The molecule has 130 valence electrons. The molecule has 0 aliphatic carbocycles. The van der Waals surface area contributed by atoms with Gasteiger partial charge in [0.15, 0.2) is 0 Å². The van der Waals surface area contributed by atoms with Crippen LogP contribution in [0.15, 0.2) is 23.8 Å². The van der Waals surface area contributed by atoms with Crippen LogP contribution in [-0.2, 0) is 0 Å². The first kappa shape index (κ1) is 16.0. The number of hydrogen-bond donors (Lipinski definition) is 4. The van der Waals surface area contributed by atoms with Crippen LogP contribution < -0.4 is 16.0 Å². The van der Waals surface area contributed by atoms with E-state index in [9.17, 15) is 4.79 Å². The van der Waals surface area contributed by atoms with Crippen LogP contribution in [0.1, 0.15) is 23.3 Å². The van der Waals surface area contributed by atoms with Crippen molar-refractivity contribution in [2.24, 2.45) is 0 Å². The fourth-order valence-corrected chi connectivity index (χ4v) is 3.95. The number of H-pyrrole nitrogens is 1. The van der Waals surface area contributed by atoms with E-state index in [2.05, 4.69) is 30.9 Å². The van der Waals surface area contributed by atoms with Crippen molar-refractivity contribution >= 4 is 34.0 Å². The number of nitrogens with one attached hydrogen (secondary N) is 4. The van der Waals surface area contributed by atoms with Gasteiger partial charge in [0.2, 0.25) is 0 Å². The Morgan fingerprint density at radius 2 is 2.36 bits per heavy atom. The van der Waals surface area contributed by atoms with Gasteiger partial charge < -0.3 is 20.9 Å². The van der Waals surface area contributed by atoms with Crippen LogP contribution in [0.25, 0.3) is 21.6 Å². The number of piperidine rings is 1. The van der Waals surface area contributed by atoms with Crippen molar-refractivity contribution in [2.45, 2.75) is 18.9 Å². The van der Waals surface area contributed by atoms with Crippen LogP contribution in [0.2, 0.25) is 0 Å². The molecule has 0 saturated carbocycles. The summed E-state index contributed by atoms with van der Waals surface area (Å²) in [5, 5.41) is 13.3. The number of aromatic nitrogens is 3. The molecule has 25 heavy (non-hydrogen) atoms. The molecule has 1 aliphatic rings. The molecular formula is C17H20N6OS. The van der Waals surface area contributed by atoms with Crippen molar-refractivity contribution in [3.8, 4) is 10.6 Å². The Kier molecular flexibility index (Phi) is 4.37. The predicted octanol–water partition coefficient (Wildman–Crippen LogP) is 2.21. The van der Waals surface area contributed by atoms with Crippen LogP contribution >= 0.6 is 11.3 Å². The number of thiazole rings is 1. The van der Waals surface area contributed by atoms with Gasteiger partial charge in [-0.25, -0.2) is 9.97 Å². The molecule has 3 aromatic rings. The second kappa shape index (κ2) is 6.81. The van der Waals surface area contributed by atoms with Crippen LogP contribution in [0.4, 0.5) is 5.69 Å². The zero-order valence-corrected chi connectivity index (χ0v) is 14.7. The molecule has 0 bridgehead atoms. The van der Waals surface area contributed by atoms with E-state index in [1.165, 1.54) is 11.3 Å². The number of pyridine rings is 1. The average Bonchev–Trinajstić information content (AvgIpc) is 3.31. The Bertz CT molecular complexity index is 896. The normalized spacial score (nSPS) is 17.6. The largest absolute Gasteiger partial charge is 0.380 e. The Morgan fingerprint density at radius 3 is 3.16 bits per heavy atom. The molecule has 1 unspecified atom stereocenters. The maximum absolute atomic E-state index is 11.8. The van der Waals surface area contributed by atoms with Gasteiger partial charge in [0.25, 0.3) is 5.91 Å². The van der Waals surface area contributed by atoms with Gasteiger partial charge in [-0.1, -0.05) is 0 Å². The van der Waals surface area contributed by atoms with Gasteiger partial charge in [0, 0.05) is 42.8 Å². The Hall–Kier alpha value is -2.45. The molecular weight excluding hydrogens is 336 g/mol. The second-order valence-electron chi connectivity index (χ2n) is 6.09. The fourth-order valence-electron chi connectivity index (χ4n) is 3.13. The molecule has 0 spiro atoms. The first-order chi connectivity index (χ1) is 12.3. The molecule has 1 fully saturated rings. The van der Waals surface area contributed by atoms with E-state index in [1.54, 1.807) is 12.4 Å². The average molecular weight is 356 g/mol. The number of rotatable bonds is 4. The van der Waals surface area contributed by atoms with Crippen molar-refractivity contribution in [1.82, 2.24) is 25.6 Å². The van der Waals surface area contributed by atoms with Gasteiger partial charge in [0.05, 0.1) is 11.3 Å². The van der Waals surface area contributed by atoms with Gasteiger partial charge in [-0.15, -0.1) is 11.3 Å². The highest BCUT2D eigenvalue weighted by molar-refractivity contribution is 7.13. The van der Waals surface area contributed by atoms with Crippen molar-refractivity contribution in [2.75, 3.05) is 25.5 Å². The highest BCUT2D eigenvalue weighted by Gasteiger charge is 2.20. The monoisotopic (exact) mass is 356 g/mol. The smallest absolute Gasteiger partial charge is 0.270 e. The Labute approximate surface area is 149 Å². The minimum absolute atomic E-state index is 0.177. The topological polar surface area (TPSA) is 94.7 Å². The van der Waals surface area contributed by atoms with E-state index in [-0.39, 0.29) is 5.91 Å². The third-order valence-corrected chi connectivity index (χ3v) is 5.30. The number of hydrogen-bond acceptors (Lipinski definition) is 6. The lowest BCUT2D eigenvalue weighted by atomic mass is 10.1. The van der Waals surface area contributed by atoms with Crippen molar-refractivity contribution < 1.29 is 4.79 Å². The van der Waals surface area contributed by atoms with E-state index in [4.69, 9.17) is 0 Å². The minimum atomic E-state index is -0.177. The van der Waals surface area contributed by atoms with Gasteiger partial charge in [0.1, 0.15) is 16.3 Å². The fraction of sp³-hybridized carbons (Fsp3) is 0.353. The summed E-state index contributed by atoms with van der Waals surface area (Å²) in [6.45, 7) is 2.01. The molecule has 1 amide bonds. The van der Waals surface area contributed by atoms with Gasteiger partial charge in [-0.3, -0.25) is 4.79 Å². The lowest BCUT2D eigenvalue weighted by Crippen LogP contribution is -2.38. The van der Waals surface area contributed by atoms with Crippen molar-refractivity contribution in [1.29, 1.82) is 0 Å². The summed E-state index contributed by atoms with van der Waals surface area (Å²) in [7, 11) is 1.61. The second-order valence-corrected chi connectivity index (χ2v) is 6.95. The first-order valence-electron chi connectivity index (χ1n) is 8.37. The van der Waals surface area contributed by atoms with Gasteiger partial charge in [-0.05, 0) is 25.5 Å². The zero-order chi connectivity index (χ0) is 17.2. The summed E-state index contributed by atoms with van der Waals surface area (Å²) in [6.07, 6.45) is 6.00. The predicted molar refractivity (Wildman–Crippen MR) is 100 cm³/mol. The van der Waals surface area contributed by atoms with E-state index in [0.29, 0.717) is 11.7 Å². The third kappa shape index (κ3) is 3.10. The Balaban J connectivity index is 1.75. The summed E-state index contributed by atoms with van der Waals surface area (Å²) < 4.78 is 0. The summed E-state index contributed by atoms with van der Waals surface area (Å²) in [6, 6.07) is 2.39. The molecule has 0 aromatic carbocycles. The maximum atomic E-state index is 11.8. The molecule has 0 radical (unpaired) electrons. The highest BCUT2D eigenvalue weighted by atomic mass is 32.1. The summed E-state index contributed by atoms with van der Waals surface area (Å²) >= 11 is 1.46. The molecule has 3 aromatic heterocycles. The van der Waals surface area contributed by atoms with Crippen LogP contribution in [-0.4, -0.2) is 47.0 Å². The molecule has 4 heterocycles. The molecule has 4 rings (SSSR count). The highest BCUT2D eigenvalue weighted by Crippen LogP contribution is 2.35. The number of nitrogens with zero attached hydrogens (tertiary/aromatic N) is 2. The number of anilines is 1. The van der Waals surface area contributed by atoms with Crippen molar-refractivity contribution in [3.63, 3.8) is 0 Å². The quantitative estimate of drug-likeness (QED) is 0.575.